The molecule has 0 aliphatic heterocycles. The number of hydrogen-bond acceptors (Lipinski definition) is 6. The van der Waals surface area contributed by atoms with Crippen LogP contribution in [0.2, 0.25) is 0 Å². The first-order valence-corrected chi connectivity index (χ1v) is 11.9. The van der Waals surface area contributed by atoms with Crippen molar-refractivity contribution in [2.45, 2.75) is 39.0 Å². The van der Waals surface area contributed by atoms with Crippen molar-refractivity contribution >= 4 is 15.7 Å². The van der Waals surface area contributed by atoms with Gasteiger partial charge in [0.15, 0.2) is 5.76 Å². The molecule has 4 aromatic rings. The van der Waals surface area contributed by atoms with Crippen LogP contribution in [-0.2, 0) is 16.4 Å². The number of anilines is 1. The van der Waals surface area contributed by atoms with Crippen molar-refractivity contribution in [2.24, 2.45) is 0 Å². The second-order valence-electron chi connectivity index (χ2n) is 7.74. The average Bonchev–Trinajstić information content (AvgIpc) is 3.12. The smallest absolute Gasteiger partial charge is 0.271 e. The van der Waals surface area contributed by atoms with Crippen molar-refractivity contribution in [1.82, 2.24) is 14.9 Å². The molecule has 0 unspecified atom stereocenters. The van der Waals surface area contributed by atoms with Gasteiger partial charge in [-0.1, -0.05) is 42.4 Å². The molecule has 0 aliphatic rings. The fourth-order valence-electron chi connectivity index (χ4n) is 3.68. The van der Waals surface area contributed by atoms with Gasteiger partial charge in [0, 0.05) is 11.6 Å². The molecule has 0 saturated carbocycles. The highest BCUT2D eigenvalue weighted by Crippen LogP contribution is 2.27. The summed E-state index contributed by atoms with van der Waals surface area (Å²) < 4.78 is 35.6. The van der Waals surface area contributed by atoms with Gasteiger partial charge in [-0.2, -0.15) is 9.78 Å². The van der Waals surface area contributed by atoms with E-state index in [2.05, 4.69) is 15.0 Å². The second kappa shape index (κ2) is 8.67. The summed E-state index contributed by atoms with van der Waals surface area (Å²) in [4.78, 5) is 12.6. The van der Waals surface area contributed by atoms with E-state index in [1.54, 1.807) is 57.2 Å². The Labute approximate surface area is 191 Å². The number of nitrogens with one attached hydrogen (secondary N) is 1. The molecule has 2 aromatic carbocycles. The number of hydrogen-bond donors (Lipinski definition) is 1. The molecule has 0 radical (unpaired) electrons. The number of aromatic nitrogens is 3. The molecule has 0 aliphatic carbocycles. The number of sulfonamides is 1. The Morgan fingerprint density at radius 3 is 2.48 bits per heavy atom. The number of aryl methyl sites for hydroxylation is 4. The second-order valence-corrected chi connectivity index (χ2v) is 9.39. The highest BCUT2D eigenvalue weighted by Gasteiger charge is 2.20. The van der Waals surface area contributed by atoms with Crippen LogP contribution in [-0.4, -0.2) is 23.4 Å². The van der Waals surface area contributed by atoms with Gasteiger partial charge in [-0.25, -0.2) is 8.42 Å². The summed E-state index contributed by atoms with van der Waals surface area (Å²) in [5.74, 6) is 0.463. The first kappa shape index (κ1) is 22.5. The average molecular weight is 465 g/mol. The van der Waals surface area contributed by atoms with Crippen LogP contribution in [0.15, 0.2) is 68.8 Å². The maximum absolute atomic E-state index is 13.3. The van der Waals surface area contributed by atoms with Gasteiger partial charge in [0.05, 0.1) is 16.3 Å². The minimum atomic E-state index is -3.85. The van der Waals surface area contributed by atoms with Gasteiger partial charge < -0.3 is 4.52 Å². The zero-order valence-electron chi connectivity index (χ0n) is 18.8. The van der Waals surface area contributed by atoms with Gasteiger partial charge in [-0.15, -0.1) is 0 Å². The van der Waals surface area contributed by atoms with Crippen molar-refractivity contribution in [3.05, 3.63) is 87.5 Å². The zero-order valence-corrected chi connectivity index (χ0v) is 19.6. The molecule has 4 rings (SSSR count). The van der Waals surface area contributed by atoms with Crippen molar-refractivity contribution in [3.8, 4) is 16.9 Å². The van der Waals surface area contributed by atoms with Gasteiger partial charge in [-0.05, 0) is 56.5 Å². The summed E-state index contributed by atoms with van der Waals surface area (Å²) in [5, 5.41) is 8.35. The van der Waals surface area contributed by atoms with Crippen molar-refractivity contribution in [1.29, 1.82) is 0 Å². The third kappa shape index (κ3) is 4.31. The van der Waals surface area contributed by atoms with Crippen LogP contribution >= 0.6 is 0 Å². The summed E-state index contributed by atoms with van der Waals surface area (Å²) in [6.07, 6.45) is 0.699. The van der Waals surface area contributed by atoms with E-state index in [4.69, 9.17) is 4.52 Å². The van der Waals surface area contributed by atoms with E-state index in [1.807, 2.05) is 19.1 Å². The van der Waals surface area contributed by atoms with Crippen LogP contribution < -0.4 is 10.3 Å². The van der Waals surface area contributed by atoms with E-state index in [9.17, 15) is 13.2 Å². The van der Waals surface area contributed by atoms with Crippen LogP contribution in [0.5, 0.6) is 0 Å². The summed E-state index contributed by atoms with van der Waals surface area (Å²) >= 11 is 0. The van der Waals surface area contributed by atoms with E-state index in [0.29, 0.717) is 46.1 Å². The van der Waals surface area contributed by atoms with E-state index >= 15 is 0 Å². The SMILES string of the molecule is CCc1ccccc1NS(=O)(=O)c1cc(-c2ccc(=O)n(-c3c(C)noc3C)n2)ccc1C. The minimum Gasteiger partial charge on any atom is -0.359 e. The van der Waals surface area contributed by atoms with Gasteiger partial charge in [0.1, 0.15) is 11.4 Å². The summed E-state index contributed by atoms with van der Waals surface area (Å²) in [5.41, 5.74) is 3.72. The third-order valence-electron chi connectivity index (χ3n) is 5.42. The summed E-state index contributed by atoms with van der Waals surface area (Å²) in [6.45, 7) is 7.14. The van der Waals surface area contributed by atoms with Crippen LogP contribution in [0, 0.1) is 20.8 Å². The molecular weight excluding hydrogens is 440 g/mol. The standard InChI is InChI=1S/C24H24N4O4S/c1-5-18-8-6-7-9-21(18)27-33(30,31)22-14-19(11-10-15(22)2)20-12-13-23(29)28(25-20)24-16(3)26-32-17(24)4/h6-14,27H,5H2,1-4H3. The Morgan fingerprint density at radius 2 is 1.79 bits per heavy atom. The van der Waals surface area contributed by atoms with Crippen LogP contribution in [0.25, 0.3) is 16.9 Å². The van der Waals surface area contributed by atoms with Crippen LogP contribution in [0.1, 0.15) is 29.5 Å². The number of nitrogens with zero attached hydrogens (tertiary/aromatic N) is 3. The third-order valence-corrected chi connectivity index (χ3v) is 6.93. The Hall–Kier alpha value is -3.72. The van der Waals surface area contributed by atoms with Crippen molar-refractivity contribution in [3.63, 3.8) is 0 Å². The quantitative estimate of drug-likeness (QED) is 0.459. The maximum Gasteiger partial charge on any atom is 0.271 e. The molecule has 0 amide bonds. The van der Waals surface area contributed by atoms with Crippen molar-refractivity contribution in [2.75, 3.05) is 4.72 Å². The largest absolute Gasteiger partial charge is 0.359 e. The number of para-hydroxylation sites is 1. The fourth-order valence-corrected chi connectivity index (χ4v) is 5.06. The first-order chi connectivity index (χ1) is 15.7. The first-order valence-electron chi connectivity index (χ1n) is 10.5. The fraction of sp³-hybridized carbons (Fsp3) is 0.208. The van der Waals surface area contributed by atoms with Crippen LogP contribution in [0.4, 0.5) is 5.69 Å². The predicted octanol–water partition coefficient (Wildman–Crippen LogP) is 4.18. The predicted molar refractivity (Wildman–Crippen MR) is 126 cm³/mol. The molecule has 1 N–H and O–H groups in total. The Morgan fingerprint density at radius 1 is 1.03 bits per heavy atom. The van der Waals surface area contributed by atoms with Gasteiger partial charge >= 0.3 is 0 Å². The van der Waals surface area contributed by atoms with Crippen LogP contribution in [0.3, 0.4) is 0 Å². The van der Waals surface area contributed by atoms with Gasteiger partial charge in [0.25, 0.3) is 15.6 Å². The number of rotatable bonds is 6. The van der Waals surface area contributed by atoms with E-state index in [-0.39, 0.29) is 10.5 Å². The lowest BCUT2D eigenvalue weighted by atomic mass is 10.1. The zero-order chi connectivity index (χ0) is 23.8. The molecule has 8 nitrogen and oxygen atoms in total. The minimum absolute atomic E-state index is 0.141. The Kier molecular flexibility index (Phi) is 5.90. The van der Waals surface area contributed by atoms with Gasteiger partial charge in [0.2, 0.25) is 0 Å². The lowest BCUT2D eigenvalue weighted by Crippen LogP contribution is -2.21. The molecule has 0 saturated heterocycles. The highest BCUT2D eigenvalue weighted by molar-refractivity contribution is 7.92. The lowest BCUT2D eigenvalue weighted by molar-refractivity contribution is 0.392. The lowest BCUT2D eigenvalue weighted by Gasteiger charge is -2.14. The molecular formula is C24H24N4O4S. The van der Waals surface area contributed by atoms with E-state index in [1.165, 1.54) is 10.7 Å². The molecule has 2 aromatic heterocycles. The Balaban J connectivity index is 1.78. The molecule has 33 heavy (non-hydrogen) atoms. The molecule has 0 fully saturated rings. The normalized spacial score (nSPS) is 11.5. The molecule has 9 heteroatoms. The molecule has 0 spiro atoms. The van der Waals surface area contributed by atoms with Crippen molar-refractivity contribution < 1.29 is 12.9 Å². The molecule has 170 valence electrons. The Bertz CT molecular complexity index is 1480. The number of benzene rings is 2. The maximum atomic E-state index is 13.3. The molecule has 0 atom stereocenters. The van der Waals surface area contributed by atoms with E-state index < -0.39 is 10.0 Å². The summed E-state index contributed by atoms with van der Waals surface area (Å²) in [6, 6.07) is 15.3. The van der Waals surface area contributed by atoms with E-state index in [0.717, 1.165) is 5.56 Å². The monoisotopic (exact) mass is 464 g/mol. The van der Waals surface area contributed by atoms with Gasteiger partial charge in [-0.3, -0.25) is 9.52 Å². The topological polar surface area (TPSA) is 107 Å². The summed E-state index contributed by atoms with van der Waals surface area (Å²) in [7, 11) is -3.85. The highest BCUT2D eigenvalue weighted by atomic mass is 32.2. The molecule has 2 heterocycles. The molecule has 0 bridgehead atoms.